The summed E-state index contributed by atoms with van der Waals surface area (Å²) in [5.41, 5.74) is 2.24. The highest BCUT2D eigenvalue weighted by Crippen LogP contribution is 2.22. The van der Waals surface area contributed by atoms with Gasteiger partial charge in [0.1, 0.15) is 0 Å². The largest absolute Gasteiger partial charge is 0.356 e. The maximum atomic E-state index is 3.67. The number of imidazole rings is 1. The van der Waals surface area contributed by atoms with Crippen molar-refractivity contribution in [2.75, 3.05) is 5.32 Å². The number of aromatic amines is 1. The molecule has 6 rings (SSSR count). The zero-order valence-corrected chi connectivity index (χ0v) is 17.7. The Labute approximate surface area is 188 Å². The molecule has 5 aromatic carbocycles. The summed E-state index contributed by atoms with van der Waals surface area (Å²) >= 11 is 0. The summed E-state index contributed by atoms with van der Waals surface area (Å²) in [6.07, 6.45) is 5.08. The molecular weight excluding hydrogens is 390 g/mol. The zero-order chi connectivity index (χ0) is 21.8. The number of H-pyrrole nitrogens is 1. The second-order valence-corrected chi connectivity index (χ2v) is 7.16. The number of hydrogen-bond donors (Lipinski definition) is 2. The topological polar surface area (TPSA) is 40.7 Å². The van der Waals surface area contributed by atoms with Gasteiger partial charge in [-0.3, -0.25) is 0 Å². The van der Waals surface area contributed by atoms with Crippen molar-refractivity contribution in [3.8, 4) is 0 Å². The SMILES string of the molecule is c1c[nH]cn1.c1ccc(Nc2ccccc2)cc1.c1ccc2cc3ccccc3cc2c1. The number of para-hydroxylation sites is 2. The van der Waals surface area contributed by atoms with E-state index in [1.54, 1.807) is 18.7 Å². The molecule has 6 aromatic rings. The summed E-state index contributed by atoms with van der Waals surface area (Å²) in [5, 5.41) is 8.55. The Bertz CT molecular complexity index is 1170. The van der Waals surface area contributed by atoms with Gasteiger partial charge in [-0.2, -0.15) is 0 Å². The van der Waals surface area contributed by atoms with Crippen LogP contribution in [0.2, 0.25) is 0 Å². The first-order valence-electron chi connectivity index (χ1n) is 10.6. The van der Waals surface area contributed by atoms with E-state index in [9.17, 15) is 0 Å². The van der Waals surface area contributed by atoms with Gasteiger partial charge in [-0.25, -0.2) is 4.98 Å². The van der Waals surface area contributed by atoms with Crippen molar-refractivity contribution < 1.29 is 0 Å². The average Bonchev–Trinajstić information content (AvgIpc) is 3.45. The van der Waals surface area contributed by atoms with Crippen LogP contribution in [0.1, 0.15) is 0 Å². The third-order valence-electron chi connectivity index (χ3n) is 4.86. The van der Waals surface area contributed by atoms with Crippen LogP contribution in [0.25, 0.3) is 21.5 Å². The highest BCUT2D eigenvalue weighted by molar-refractivity contribution is 5.98. The molecule has 3 heteroatoms. The van der Waals surface area contributed by atoms with E-state index in [0.717, 1.165) is 11.4 Å². The Balaban J connectivity index is 0.000000127. The Morgan fingerprint density at radius 1 is 0.500 bits per heavy atom. The summed E-state index contributed by atoms with van der Waals surface area (Å²) in [5.74, 6) is 0. The fourth-order valence-electron chi connectivity index (χ4n) is 3.31. The van der Waals surface area contributed by atoms with Gasteiger partial charge in [-0.05, 0) is 57.9 Å². The lowest BCUT2D eigenvalue weighted by molar-refractivity contribution is 1.31. The van der Waals surface area contributed by atoms with E-state index in [4.69, 9.17) is 0 Å². The second kappa shape index (κ2) is 11.1. The van der Waals surface area contributed by atoms with Crippen LogP contribution in [0.3, 0.4) is 0 Å². The molecule has 0 aliphatic carbocycles. The molecular formula is C29H25N3. The third kappa shape index (κ3) is 6.07. The molecule has 0 bridgehead atoms. The molecule has 0 radical (unpaired) electrons. The van der Waals surface area contributed by atoms with Crippen molar-refractivity contribution in [1.82, 2.24) is 9.97 Å². The number of nitrogens with zero attached hydrogens (tertiary/aromatic N) is 1. The molecule has 0 atom stereocenters. The minimum absolute atomic E-state index is 1.12. The molecule has 0 aliphatic rings. The van der Waals surface area contributed by atoms with Crippen LogP contribution in [0.5, 0.6) is 0 Å². The van der Waals surface area contributed by atoms with Crippen molar-refractivity contribution in [2.24, 2.45) is 0 Å². The van der Waals surface area contributed by atoms with E-state index in [0.29, 0.717) is 0 Å². The lowest BCUT2D eigenvalue weighted by Crippen LogP contribution is -1.87. The molecule has 32 heavy (non-hydrogen) atoms. The van der Waals surface area contributed by atoms with E-state index in [-0.39, 0.29) is 0 Å². The maximum absolute atomic E-state index is 3.67. The van der Waals surface area contributed by atoms with Crippen molar-refractivity contribution in [2.45, 2.75) is 0 Å². The van der Waals surface area contributed by atoms with Crippen molar-refractivity contribution in [3.05, 3.63) is 140 Å². The van der Waals surface area contributed by atoms with E-state index < -0.39 is 0 Å². The smallest absolute Gasteiger partial charge is 0.0919 e. The van der Waals surface area contributed by atoms with Crippen molar-refractivity contribution >= 4 is 32.9 Å². The summed E-state index contributed by atoms with van der Waals surface area (Å²) < 4.78 is 0. The van der Waals surface area contributed by atoms with Crippen LogP contribution in [-0.2, 0) is 0 Å². The Hall–Kier alpha value is -4.37. The molecule has 2 N–H and O–H groups in total. The molecule has 156 valence electrons. The molecule has 0 fully saturated rings. The highest BCUT2D eigenvalue weighted by Gasteiger charge is 1.95. The van der Waals surface area contributed by atoms with Crippen LogP contribution in [0.15, 0.2) is 140 Å². The molecule has 0 aliphatic heterocycles. The van der Waals surface area contributed by atoms with E-state index in [1.807, 2.05) is 60.7 Å². The maximum Gasteiger partial charge on any atom is 0.0919 e. The van der Waals surface area contributed by atoms with Crippen LogP contribution in [0.4, 0.5) is 11.4 Å². The van der Waals surface area contributed by atoms with Gasteiger partial charge in [-0.1, -0.05) is 84.9 Å². The first-order chi connectivity index (χ1) is 15.9. The minimum Gasteiger partial charge on any atom is -0.356 e. The number of anilines is 2. The quantitative estimate of drug-likeness (QED) is 0.283. The van der Waals surface area contributed by atoms with Gasteiger partial charge in [0, 0.05) is 23.8 Å². The minimum atomic E-state index is 1.12. The van der Waals surface area contributed by atoms with Gasteiger partial charge >= 0.3 is 0 Å². The first kappa shape index (κ1) is 20.9. The van der Waals surface area contributed by atoms with Crippen molar-refractivity contribution in [1.29, 1.82) is 0 Å². The molecule has 1 heterocycles. The number of rotatable bonds is 2. The molecule has 0 saturated heterocycles. The summed E-state index contributed by atoms with van der Waals surface area (Å²) in [6.45, 7) is 0. The van der Waals surface area contributed by atoms with Gasteiger partial charge < -0.3 is 10.3 Å². The summed E-state index contributed by atoms with van der Waals surface area (Å²) in [6, 6.07) is 41.7. The van der Waals surface area contributed by atoms with E-state index in [1.165, 1.54) is 21.5 Å². The first-order valence-corrected chi connectivity index (χ1v) is 10.6. The fraction of sp³-hybridized carbons (Fsp3) is 0. The Morgan fingerprint density at radius 2 is 0.906 bits per heavy atom. The van der Waals surface area contributed by atoms with Gasteiger partial charge in [0.15, 0.2) is 0 Å². The fourth-order valence-corrected chi connectivity index (χ4v) is 3.31. The Morgan fingerprint density at radius 3 is 1.22 bits per heavy atom. The van der Waals surface area contributed by atoms with Crippen molar-refractivity contribution in [3.63, 3.8) is 0 Å². The predicted molar refractivity (Wildman–Crippen MR) is 136 cm³/mol. The number of fused-ring (bicyclic) bond motifs is 2. The Kier molecular flexibility index (Phi) is 7.27. The van der Waals surface area contributed by atoms with Gasteiger partial charge in [0.05, 0.1) is 6.33 Å². The van der Waals surface area contributed by atoms with Crippen LogP contribution in [0, 0.1) is 0 Å². The molecule has 0 unspecified atom stereocenters. The van der Waals surface area contributed by atoms with Crippen LogP contribution < -0.4 is 5.32 Å². The molecule has 0 saturated carbocycles. The lowest BCUT2D eigenvalue weighted by atomic mass is 10.0. The van der Waals surface area contributed by atoms with Crippen LogP contribution >= 0.6 is 0 Å². The second-order valence-electron chi connectivity index (χ2n) is 7.16. The number of hydrogen-bond acceptors (Lipinski definition) is 2. The van der Waals surface area contributed by atoms with E-state index in [2.05, 4.69) is 75.9 Å². The number of aromatic nitrogens is 2. The normalized spacial score (nSPS) is 9.88. The van der Waals surface area contributed by atoms with E-state index >= 15 is 0 Å². The number of benzene rings is 5. The zero-order valence-electron chi connectivity index (χ0n) is 17.7. The average molecular weight is 416 g/mol. The van der Waals surface area contributed by atoms with Gasteiger partial charge in [0.25, 0.3) is 0 Å². The molecule has 1 aromatic heterocycles. The lowest BCUT2D eigenvalue weighted by Gasteiger charge is -2.04. The predicted octanol–water partition coefficient (Wildman–Crippen LogP) is 7.83. The molecule has 0 amide bonds. The van der Waals surface area contributed by atoms with Gasteiger partial charge in [0.2, 0.25) is 0 Å². The standard InChI is InChI=1S/C14H10.C12H11N.C3H4N2/c1-2-6-12-10-14-8-4-3-7-13(14)9-11(12)5-1;1-3-7-11(8-4-1)13-12-9-5-2-6-10-12;1-2-5-3-4-1/h1-10H;1-10,13H;1-3H,(H,4,5). The molecule has 0 spiro atoms. The summed E-state index contributed by atoms with van der Waals surface area (Å²) in [4.78, 5) is 6.42. The molecule has 3 nitrogen and oxygen atoms in total. The summed E-state index contributed by atoms with van der Waals surface area (Å²) in [7, 11) is 0. The monoisotopic (exact) mass is 415 g/mol. The van der Waals surface area contributed by atoms with Crippen LogP contribution in [-0.4, -0.2) is 9.97 Å². The third-order valence-corrected chi connectivity index (χ3v) is 4.86. The highest BCUT2D eigenvalue weighted by atomic mass is 14.9. The van der Waals surface area contributed by atoms with Gasteiger partial charge in [-0.15, -0.1) is 0 Å². The number of nitrogens with one attached hydrogen (secondary N) is 2.